The van der Waals surface area contributed by atoms with Crippen molar-refractivity contribution in [3.8, 4) is 16.9 Å². The standard InChI is InChI=1S/C15H7F6N4O2/c16-14(17,18)7-1-6(2-8(3-7)15(19,20)21)9-4-10(26)11(12(22)27)25-13(9)23-5-24-25/h1-5,22,26H. The van der Waals surface area contributed by atoms with Crippen LogP contribution in [0.25, 0.3) is 16.8 Å². The number of fused-ring (bicyclic) bond motifs is 1. The summed E-state index contributed by atoms with van der Waals surface area (Å²) in [5.41, 5.74) is 2.20. The number of amides is 1. The predicted molar refractivity (Wildman–Crippen MR) is 77.5 cm³/mol. The molecule has 2 aromatic heterocycles. The van der Waals surface area contributed by atoms with Crippen LogP contribution >= 0.6 is 0 Å². The Morgan fingerprint density at radius 1 is 1.00 bits per heavy atom. The first-order valence-corrected chi connectivity index (χ1v) is 7.01. The molecule has 6 nitrogen and oxygen atoms in total. The Balaban J connectivity index is 2.36. The van der Waals surface area contributed by atoms with E-state index in [1.54, 1.807) is 0 Å². The first-order valence-electron chi connectivity index (χ1n) is 7.01. The highest BCUT2D eigenvalue weighted by molar-refractivity contribution is 5.96. The number of alkyl halides is 6. The molecule has 2 heterocycles. The molecule has 3 aromatic rings. The highest BCUT2D eigenvalue weighted by atomic mass is 19.4. The predicted octanol–water partition coefficient (Wildman–Crippen LogP) is 3.56. The molecule has 1 aromatic carbocycles. The normalized spacial score (nSPS) is 12.5. The molecule has 141 valence electrons. The number of hydrogen-bond acceptors (Lipinski definition) is 4. The van der Waals surface area contributed by atoms with Gasteiger partial charge in [0, 0.05) is 5.56 Å². The fraction of sp³-hybridized carbons (Fsp3) is 0.133. The molecule has 0 saturated carbocycles. The van der Waals surface area contributed by atoms with E-state index in [1.165, 1.54) is 0 Å². The van der Waals surface area contributed by atoms with Crippen LogP contribution < -0.4 is 5.73 Å². The molecule has 0 spiro atoms. The van der Waals surface area contributed by atoms with Gasteiger partial charge in [0.1, 0.15) is 12.1 Å². The number of aromatic hydroxyl groups is 1. The summed E-state index contributed by atoms with van der Waals surface area (Å²) in [6, 6.07) is 1.65. The summed E-state index contributed by atoms with van der Waals surface area (Å²) in [5.74, 6) is -2.21. The lowest BCUT2D eigenvalue weighted by Crippen LogP contribution is -2.12. The van der Waals surface area contributed by atoms with Crippen molar-refractivity contribution >= 4 is 11.6 Å². The van der Waals surface area contributed by atoms with Gasteiger partial charge < -0.3 is 5.11 Å². The van der Waals surface area contributed by atoms with Crippen molar-refractivity contribution in [2.24, 2.45) is 0 Å². The van der Waals surface area contributed by atoms with Gasteiger partial charge >= 0.3 is 12.4 Å². The number of carbonyl (C=O) groups is 1. The zero-order chi connectivity index (χ0) is 20.1. The molecular weight excluding hydrogens is 382 g/mol. The third-order valence-corrected chi connectivity index (χ3v) is 3.64. The summed E-state index contributed by atoms with van der Waals surface area (Å²) in [4.78, 5) is 15.0. The molecular formula is C15H7F6N4O2. The van der Waals surface area contributed by atoms with Gasteiger partial charge in [-0.25, -0.2) is 9.50 Å². The van der Waals surface area contributed by atoms with Gasteiger partial charge in [-0.2, -0.15) is 31.4 Å². The zero-order valence-corrected chi connectivity index (χ0v) is 12.9. The minimum atomic E-state index is -5.06. The second-order valence-corrected chi connectivity index (χ2v) is 5.41. The van der Waals surface area contributed by atoms with Gasteiger partial charge in [0.2, 0.25) is 0 Å². The molecule has 1 amide bonds. The Bertz CT molecular complexity index is 1020. The second kappa shape index (κ2) is 5.86. The van der Waals surface area contributed by atoms with Crippen LogP contribution in [-0.2, 0) is 12.4 Å². The van der Waals surface area contributed by atoms with Gasteiger partial charge in [-0.1, -0.05) is 0 Å². The smallest absolute Gasteiger partial charge is 0.416 e. The molecule has 27 heavy (non-hydrogen) atoms. The van der Waals surface area contributed by atoms with Crippen LogP contribution in [-0.4, -0.2) is 25.6 Å². The molecule has 0 aliphatic rings. The topological polar surface area (TPSA) is 91.3 Å². The van der Waals surface area contributed by atoms with Crippen LogP contribution in [0.4, 0.5) is 26.3 Å². The summed E-state index contributed by atoms with van der Waals surface area (Å²) in [6.45, 7) is 0. The number of hydrogen-bond donors (Lipinski definition) is 1. The summed E-state index contributed by atoms with van der Waals surface area (Å²) in [7, 11) is 0. The van der Waals surface area contributed by atoms with E-state index in [4.69, 9.17) is 5.73 Å². The molecule has 0 unspecified atom stereocenters. The molecule has 0 atom stereocenters. The fourth-order valence-electron chi connectivity index (χ4n) is 2.50. The van der Waals surface area contributed by atoms with E-state index in [9.17, 15) is 36.2 Å². The molecule has 0 fully saturated rings. The number of carbonyl (C=O) groups excluding carboxylic acids is 1. The van der Waals surface area contributed by atoms with Gasteiger partial charge in [-0.3, -0.25) is 10.5 Å². The van der Waals surface area contributed by atoms with Crippen LogP contribution in [0.5, 0.6) is 5.75 Å². The first-order chi connectivity index (χ1) is 12.4. The lowest BCUT2D eigenvalue weighted by molar-refractivity contribution is -0.143. The van der Waals surface area contributed by atoms with E-state index >= 15 is 0 Å². The van der Waals surface area contributed by atoms with Crippen LogP contribution in [0.2, 0.25) is 0 Å². The van der Waals surface area contributed by atoms with Crippen molar-refractivity contribution < 1.29 is 36.2 Å². The van der Waals surface area contributed by atoms with Gasteiger partial charge in [-0.05, 0) is 29.8 Å². The highest BCUT2D eigenvalue weighted by Gasteiger charge is 2.37. The summed E-state index contributed by atoms with van der Waals surface area (Å²) < 4.78 is 78.9. The number of benzene rings is 1. The van der Waals surface area contributed by atoms with Crippen molar-refractivity contribution in [2.45, 2.75) is 12.4 Å². The third-order valence-electron chi connectivity index (χ3n) is 3.64. The zero-order valence-electron chi connectivity index (χ0n) is 12.9. The average Bonchev–Trinajstić information content (AvgIpc) is 3.00. The average molecular weight is 389 g/mol. The van der Waals surface area contributed by atoms with E-state index in [-0.39, 0.29) is 17.3 Å². The van der Waals surface area contributed by atoms with E-state index in [2.05, 4.69) is 10.1 Å². The van der Waals surface area contributed by atoms with Gasteiger partial charge in [0.25, 0.3) is 5.91 Å². The van der Waals surface area contributed by atoms with Crippen LogP contribution in [0.3, 0.4) is 0 Å². The van der Waals surface area contributed by atoms with Gasteiger partial charge in [0.15, 0.2) is 11.3 Å². The monoisotopic (exact) mass is 389 g/mol. The third kappa shape index (κ3) is 3.25. The fourth-order valence-corrected chi connectivity index (χ4v) is 2.50. The second-order valence-electron chi connectivity index (χ2n) is 5.41. The van der Waals surface area contributed by atoms with Crippen LogP contribution in [0.1, 0.15) is 21.6 Å². The molecule has 0 aliphatic carbocycles. The number of aromatic nitrogens is 3. The minimum absolute atomic E-state index is 0.0356. The van der Waals surface area contributed by atoms with E-state index < -0.39 is 46.4 Å². The maximum Gasteiger partial charge on any atom is 0.416 e. The summed E-state index contributed by atoms with van der Waals surface area (Å²) in [6.07, 6.45) is -9.23. The lowest BCUT2D eigenvalue weighted by atomic mass is 9.99. The van der Waals surface area contributed by atoms with Gasteiger partial charge in [-0.15, -0.1) is 0 Å². The molecule has 12 heteroatoms. The molecule has 3 rings (SSSR count). The maximum absolute atomic E-state index is 13.0. The lowest BCUT2D eigenvalue weighted by Gasteiger charge is -2.15. The molecule has 0 saturated heterocycles. The summed E-state index contributed by atoms with van der Waals surface area (Å²) >= 11 is 0. The Morgan fingerprint density at radius 3 is 2.04 bits per heavy atom. The number of rotatable bonds is 2. The molecule has 2 N–H and O–H groups in total. The molecule has 1 radical (unpaired) electrons. The Hall–Kier alpha value is -3.31. The number of halogens is 6. The van der Waals surface area contributed by atoms with E-state index in [0.717, 1.165) is 12.4 Å². The van der Waals surface area contributed by atoms with Gasteiger partial charge in [0.05, 0.1) is 11.1 Å². The SMILES string of the molecule is [NH]C(=O)c1c(O)cc(-c2cc(C(F)(F)F)cc(C(F)(F)F)c2)c2ncnn12. The minimum Gasteiger partial charge on any atom is -0.505 e. The quantitative estimate of drug-likeness (QED) is 0.679. The largest absolute Gasteiger partial charge is 0.505 e. The Morgan fingerprint density at radius 2 is 1.56 bits per heavy atom. The van der Waals surface area contributed by atoms with Crippen molar-refractivity contribution in [3.63, 3.8) is 0 Å². The van der Waals surface area contributed by atoms with Crippen LogP contribution in [0, 0.1) is 0 Å². The maximum atomic E-state index is 13.0. The molecule has 0 aliphatic heterocycles. The first kappa shape index (κ1) is 18.5. The highest BCUT2D eigenvalue weighted by Crippen LogP contribution is 2.40. The number of nitrogens with zero attached hydrogens (tertiary/aromatic N) is 3. The van der Waals surface area contributed by atoms with Crippen molar-refractivity contribution in [2.75, 3.05) is 0 Å². The van der Waals surface area contributed by atoms with Crippen molar-refractivity contribution in [1.29, 1.82) is 0 Å². The number of nitrogens with one attached hydrogen (secondary N) is 1. The van der Waals surface area contributed by atoms with Crippen molar-refractivity contribution in [3.05, 3.63) is 47.4 Å². The summed E-state index contributed by atoms with van der Waals surface area (Å²) in [5, 5.41) is 13.5. The van der Waals surface area contributed by atoms with E-state index in [0.29, 0.717) is 16.6 Å². The molecule has 0 bridgehead atoms. The van der Waals surface area contributed by atoms with E-state index in [1.807, 2.05) is 0 Å². The Kier molecular flexibility index (Phi) is 4.01. The Labute approximate surface area is 145 Å². The number of pyridine rings is 1. The van der Waals surface area contributed by atoms with Crippen LogP contribution in [0.15, 0.2) is 30.6 Å². The van der Waals surface area contributed by atoms with Crippen molar-refractivity contribution in [1.82, 2.24) is 20.3 Å².